The first kappa shape index (κ1) is 15.7. The summed E-state index contributed by atoms with van der Waals surface area (Å²) in [5, 5.41) is 8.77. The first-order valence-electron chi connectivity index (χ1n) is 7.18. The topological polar surface area (TPSA) is 27.0 Å². The Labute approximate surface area is 118 Å². The molecule has 1 aromatic rings. The van der Waals surface area contributed by atoms with Crippen LogP contribution in [-0.2, 0) is 13.0 Å². The highest BCUT2D eigenvalue weighted by molar-refractivity contribution is 5.25. The lowest BCUT2D eigenvalue weighted by atomic mass is 10.1. The maximum absolute atomic E-state index is 8.77. The number of hydrogen-bond acceptors (Lipinski definition) is 2. The molecule has 0 saturated carbocycles. The highest BCUT2D eigenvalue weighted by Gasteiger charge is 2.10. The van der Waals surface area contributed by atoms with E-state index in [-0.39, 0.29) is 0 Å². The molecule has 0 atom stereocenters. The van der Waals surface area contributed by atoms with Crippen molar-refractivity contribution in [2.75, 3.05) is 13.1 Å². The highest BCUT2D eigenvalue weighted by Crippen LogP contribution is 2.12. The van der Waals surface area contributed by atoms with Gasteiger partial charge in [0.1, 0.15) is 0 Å². The fourth-order valence-corrected chi connectivity index (χ4v) is 2.42. The standard InChI is InChI=1S/C17H26N2/c1-14(2)11-19(12-15(3)4)13-17-7-5-6-16(10-17)8-9-18/h5-7,10,14-15H,8,11-13H2,1-4H3. The molecule has 0 unspecified atom stereocenters. The van der Waals surface area contributed by atoms with Gasteiger partial charge in [-0.2, -0.15) is 5.26 Å². The smallest absolute Gasteiger partial charge is 0.0669 e. The first-order valence-corrected chi connectivity index (χ1v) is 7.18. The molecule has 0 aliphatic rings. The van der Waals surface area contributed by atoms with Gasteiger partial charge in [0.25, 0.3) is 0 Å². The zero-order valence-corrected chi connectivity index (χ0v) is 12.7. The lowest BCUT2D eigenvalue weighted by Gasteiger charge is -2.26. The Balaban J connectivity index is 2.72. The maximum atomic E-state index is 8.77. The number of nitriles is 1. The largest absolute Gasteiger partial charge is 0.299 e. The fourth-order valence-electron chi connectivity index (χ4n) is 2.42. The predicted octanol–water partition coefficient (Wildman–Crippen LogP) is 3.87. The summed E-state index contributed by atoms with van der Waals surface area (Å²) in [7, 11) is 0. The summed E-state index contributed by atoms with van der Waals surface area (Å²) in [5.74, 6) is 1.36. The molecule has 0 N–H and O–H groups in total. The van der Waals surface area contributed by atoms with E-state index < -0.39 is 0 Å². The molecule has 2 nitrogen and oxygen atoms in total. The molecule has 0 saturated heterocycles. The van der Waals surface area contributed by atoms with Crippen LogP contribution in [0.25, 0.3) is 0 Å². The zero-order valence-electron chi connectivity index (χ0n) is 12.7. The van der Waals surface area contributed by atoms with E-state index in [0.29, 0.717) is 18.3 Å². The van der Waals surface area contributed by atoms with Gasteiger partial charge in [0.05, 0.1) is 12.5 Å². The van der Waals surface area contributed by atoms with Gasteiger partial charge in [-0.3, -0.25) is 4.90 Å². The van der Waals surface area contributed by atoms with Crippen LogP contribution in [0.4, 0.5) is 0 Å². The Bertz CT molecular complexity index is 406. The van der Waals surface area contributed by atoms with Crippen LogP contribution in [0.1, 0.15) is 38.8 Å². The van der Waals surface area contributed by atoms with E-state index in [1.807, 2.05) is 6.07 Å². The normalized spacial score (nSPS) is 11.3. The SMILES string of the molecule is CC(C)CN(Cc1cccc(CC#N)c1)CC(C)C. The van der Waals surface area contributed by atoms with Crippen LogP contribution in [0, 0.1) is 23.2 Å². The van der Waals surface area contributed by atoms with Gasteiger partial charge in [-0.15, -0.1) is 0 Å². The third kappa shape index (κ3) is 6.40. The van der Waals surface area contributed by atoms with Crippen LogP contribution in [0.5, 0.6) is 0 Å². The number of nitrogens with zero attached hydrogens (tertiary/aromatic N) is 2. The molecule has 1 rings (SSSR count). The summed E-state index contributed by atoms with van der Waals surface area (Å²) in [4.78, 5) is 2.51. The van der Waals surface area contributed by atoms with Crippen molar-refractivity contribution < 1.29 is 0 Å². The first-order chi connectivity index (χ1) is 9.01. The molecule has 0 aromatic heterocycles. The molecule has 19 heavy (non-hydrogen) atoms. The molecule has 104 valence electrons. The minimum absolute atomic E-state index is 0.502. The van der Waals surface area contributed by atoms with Gasteiger partial charge in [-0.05, 0) is 23.0 Å². The zero-order chi connectivity index (χ0) is 14.3. The van der Waals surface area contributed by atoms with Crippen molar-refractivity contribution in [3.8, 4) is 6.07 Å². The van der Waals surface area contributed by atoms with Crippen molar-refractivity contribution in [1.29, 1.82) is 5.26 Å². The predicted molar refractivity (Wildman–Crippen MR) is 80.7 cm³/mol. The molecule has 0 spiro atoms. The van der Waals surface area contributed by atoms with E-state index in [9.17, 15) is 0 Å². The Morgan fingerprint density at radius 3 is 2.16 bits per heavy atom. The average molecular weight is 258 g/mol. The second-order valence-electron chi connectivity index (χ2n) is 6.14. The van der Waals surface area contributed by atoms with Crippen LogP contribution in [0.2, 0.25) is 0 Å². The van der Waals surface area contributed by atoms with Crippen LogP contribution < -0.4 is 0 Å². The maximum Gasteiger partial charge on any atom is 0.0669 e. The summed E-state index contributed by atoms with van der Waals surface area (Å²) in [6.45, 7) is 12.3. The molecule has 0 radical (unpaired) electrons. The van der Waals surface area contributed by atoms with Crippen molar-refractivity contribution in [2.45, 2.75) is 40.7 Å². The van der Waals surface area contributed by atoms with Crippen LogP contribution in [0.15, 0.2) is 24.3 Å². The van der Waals surface area contributed by atoms with Gasteiger partial charge in [0.15, 0.2) is 0 Å². The third-order valence-electron chi connectivity index (χ3n) is 2.93. The second-order valence-corrected chi connectivity index (χ2v) is 6.14. The van der Waals surface area contributed by atoms with Crippen molar-refractivity contribution >= 4 is 0 Å². The fraction of sp³-hybridized carbons (Fsp3) is 0.588. The Morgan fingerprint density at radius 2 is 1.63 bits per heavy atom. The molecular formula is C17H26N2. The van der Waals surface area contributed by atoms with Gasteiger partial charge in [-0.25, -0.2) is 0 Å². The van der Waals surface area contributed by atoms with E-state index in [0.717, 1.165) is 25.2 Å². The van der Waals surface area contributed by atoms with Gasteiger partial charge in [0, 0.05) is 19.6 Å². The molecular weight excluding hydrogens is 232 g/mol. The number of hydrogen-bond donors (Lipinski definition) is 0. The summed E-state index contributed by atoms with van der Waals surface area (Å²) >= 11 is 0. The van der Waals surface area contributed by atoms with Crippen LogP contribution in [-0.4, -0.2) is 18.0 Å². The third-order valence-corrected chi connectivity index (χ3v) is 2.93. The molecule has 0 fully saturated rings. The summed E-state index contributed by atoms with van der Waals surface area (Å²) < 4.78 is 0. The number of rotatable bonds is 7. The average Bonchev–Trinajstić information content (AvgIpc) is 2.27. The summed E-state index contributed by atoms with van der Waals surface area (Å²) in [6, 6.07) is 10.6. The van der Waals surface area contributed by atoms with Crippen molar-refractivity contribution in [2.24, 2.45) is 11.8 Å². The molecule has 0 heterocycles. The van der Waals surface area contributed by atoms with E-state index in [1.165, 1.54) is 5.56 Å². The minimum Gasteiger partial charge on any atom is -0.299 e. The van der Waals surface area contributed by atoms with Gasteiger partial charge >= 0.3 is 0 Å². The molecule has 1 aromatic carbocycles. The van der Waals surface area contributed by atoms with Crippen molar-refractivity contribution in [3.05, 3.63) is 35.4 Å². The summed E-state index contributed by atoms with van der Waals surface area (Å²) in [6.07, 6.45) is 0.502. The minimum atomic E-state index is 0.502. The quantitative estimate of drug-likeness (QED) is 0.742. The van der Waals surface area contributed by atoms with E-state index in [4.69, 9.17) is 5.26 Å². The van der Waals surface area contributed by atoms with E-state index >= 15 is 0 Å². The molecule has 0 bridgehead atoms. The lowest BCUT2D eigenvalue weighted by molar-refractivity contribution is 0.211. The van der Waals surface area contributed by atoms with Crippen LogP contribution >= 0.6 is 0 Å². The molecule has 0 amide bonds. The van der Waals surface area contributed by atoms with Gasteiger partial charge < -0.3 is 0 Å². The summed E-state index contributed by atoms with van der Waals surface area (Å²) in [5.41, 5.74) is 2.43. The molecule has 2 heteroatoms. The van der Waals surface area contributed by atoms with E-state index in [2.05, 4.69) is 56.9 Å². The van der Waals surface area contributed by atoms with Gasteiger partial charge in [-0.1, -0.05) is 52.0 Å². The van der Waals surface area contributed by atoms with Gasteiger partial charge in [0.2, 0.25) is 0 Å². The Kier molecular flexibility index (Phi) is 6.59. The van der Waals surface area contributed by atoms with E-state index in [1.54, 1.807) is 0 Å². The highest BCUT2D eigenvalue weighted by atomic mass is 15.1. The Morgan fingerprint density at radius 1 is 1.05 bits per heavy atom. The monoisotopic (exact) mass is 258 g/mol. The lowest BCUT2D eigenvalue weighted by Crippen LogP contribution is -2.30. The molecule has 0 aliphatic carbocycles. The van der Waals surface area contributed by atoms with Crippen LogP contribution in [0.3, 0.4) is 0 Å². The second kappa shape index (κ2) is 7.96. The van der Waals surface area contributed by atoms with Crippen molar-refractivity contribution in [1.82, 2.24) is 4.90 Å². The van der Waals surface area contributed by atoms with Crippen molar-refractivity contribution in [3.63, 3.8) is 0 Å². The molecule has 0 aliphatic heterocycles. The number of benzene rings is 1. The Hall–Kier alpha value is -1.33.